The number of primary amides is 1. The molecule has 0 aliphatic heterocycles. The van der Waals surface area contributed by atoms with Gasteiger partial charge in [-0.25, -0.2) is 4.98 Å². The number of hydrogen-bond donors (Lipinski definition) is 3. The minimum atomic E-state index is -0.366. The van der Waals surface area contributed by atoms with Crippen molar-refractivity contribution in [3.8, 4) is 0 Å². The Morgan fingerprint density at radius 3 is 2.71 bits per heavy atom. The number of rotatable bonds is 5. The molecule has 0 radical (unpaired) electrons. The molecule has 92 valence electrons. The van der Waals surface area contributed by atoms with Crippen LogP contribution in [0.15, 0.2) is 12.1 Å². The van der Waals surface area contributed by atoms with Gasteiger partial charge >= 0.3 is 0 Å². The SMILES string of the molecule is Cc1ccc(C(N)=S)c(NC(C)CC(N)=O)n1. The van der Waals surface area contributed by atoms with Crippen LogP contribution in [0, 0.1) is 6.92 Å². The van der Waals surface area contributed by atoms with E-state index in [-0.39, 0.29) is 23.4 Å². The van der Waals surface area contributed by atoms with E-state index in [1.54, 1.807) is 0 Å². The number of nitrogens with zero attached hydrogens (tertiary/aromatic N) is 1. The first kappa shape index (κ1) is 13.4. The van der Waals surface area contributed by atoms with Crippen LogP contribution in [0.1, 0.15) is 24.6 Å². The van der Waals surface area contributed by atoms with Crippen molar-refractivity contribution >= 4 is 28.9 Å². The third-order valence-corrected chi connectivity index (χ3v) is 2.41. The lowest BCUT2D eigenvalue weighted by molar-refractivity contribution is -0.118. The summed E-state index contributed by atoms with van der Waals surface area (Å²) in [6.45, 7) is 3.71. The lowest BCUT2D eigenvalue weighted by Crippen LogP contribution is -2.26. The average molecular weight is 252 g/mol. The molecule has 1 aromatic rings. The van der Waals surface area contributed by atoms with E-state index in [4.69, 9.17) is 23.7 Å². The number of nitrogens with one attached hydrogen (secondary N) is 1. The van der Waals surface area contributed by atoms with Crippen LogP contribution in [0.25, 0.3) is 0 Å². The number of carbonyl (C=O) groups is 1. The first-order valence-corrected chi connectivity index (χ1v) is 5.63. The fourth-order valence-corrected chi connectivity index (χ4v) is 1.62. The maximum atomic E-state index is 10.8. The summed E-state index contributed by atoms with van der Waals surface area (Å²) < 4.78 is 0. The van der Waals surface area contributed by atoms with Crippen molar-refractivity contribution in [3.05, 3.63) is 23.4 Å². The Balaban J connectivity index is 2.92. The van der Waals surface area contributed by atoms with E-state index in [1.807, 2.05) is 26.0 Å². The summed E-state index contributed by atoms with van der Waals surface area (Å²) >= 11 is 4.94. The van der Waals surface area contributed by atoms with Gasteiger partial charge in [-0.2, -0.15) is 0 Å². The van der Waals surface area contributed by atoms with Crippen LogP contribution >= 0.6 is 12.2 Å². The van der Waals surface area contributed by atoms with Crippen molar-refractivity contribution in [2.45, 2.75) is 26.3 Å². The zero-order valence-corrected chi connectivity index (χ0v) is 10.7. The van der Waals surface area contributed by atoms with E-state index in [2.05, 4.69) is 10.3 Å². The summed E-state index contributed by atoms with van der Waals surface area (Å²) in [5.41, 5.74) is 12.2. The summed E-state index contributed by atoms with van der Waals surface area (Å²) in [7, 11) is 0. The molecule has 1 amide bonds. The number of pyridine rings is 1. The minimum Gasteiger partial charge on any atom is -0.389 e. The summed E-state index contributed by atoms with van der Waals surface area (Å²) in [5.74, 6) is 0.223. The zero-order valence-electron chi connectivity index (χ0n) is 9.86. The molecule has 0 saturated carbocycles. The Bertz CT molecular complexity index is 447. The van der Waals surface area contributed by atoms with Gasteiger partial charge in [-0.05, 0) is 26.0 Å². The van der Waals surface area contributed by atoms with Gasteiger partial charge in [-0.3, -0.25) is 4.79 Å². The Labute approximate surface area is 106 Å². The molecule has 5 N–H and O–H groups in total. The third-order valence-electron chi connectivity index (χ3n) is 2.19. The number of nitrogens with two attached hydrogens (primary N) is 2. The fraction of sp³-hybridized carbons (Fsp3) is 0.364. The number of amides is 1. The van der Waals surface area contributed by atoms with Gasteiger partial charge in [0.25, 0.3) is 0 Å². The topological polar surface area (TPSA) is 94.0 Å². The zero-order chi connectivity index (χ0) is 13.0. The Morgan fingerprint density at radius 2 is 2.18 bits per heavy atom. The fourth-order valence-electron chi connectivity index (χ4n) is 1.45. The molecule has 1 unspecified atom stereocenters. The third kappa shape index (κ3) is 3.99. The lowest BCUT2D eigenvalue weighted by atomic mass is 10.2. The van der Waals surface area contributed by atoms with Crippen LogP contribution in [0.5, 0.6) is 0 Å². The molecule has 0 saturated heterocycles. The van der Waals surface area contributed by atoms with Gasteiger partial charge in [-0.15, -0.1) is 0 Å². The van der Waals surface area contributed by atoms with Crippen molar-refractivity contribution in [1.29, 1.82) is 0 Å². The van der Waals surface area contributed by atoms with Gasteiger partial charge < -0.3 is 16.8 Å². The Morgan fingerprint density at radius 1 is 1.53 bits per heavy atom. The average Bonchev–Trinajstić information content (AvgIpc) is 2.15. The highest BCUT2D eigenvalue weighted by molar-refractivity contribution is 7.80. The van der Waals surface area contributed by atoms with Gasteiger partial charge in [0.05, 0.1) is 5.56 Å². The van der Waals surface area contributed by atoms with E-state index in [0.717, 1.165) is 5.69 Å². The molecule has 5 nitrogen and oxygen atoms in total. The van der Waals surface area contributed by atoms with E-state index in [9.17, 15) is 4.79 Å². The first-order valence-electron chi connectivity index (χ1n) is 5.22. The number of carbonyl (C=O) groups excluding carboxylic acids is 1. The molecule has 1 aromatic heterocycles. The van der Waals surface area contributed by atoms with Gasteiger partial charge in [-0.1, -0.05) is 12.2 Å². The van der Waals surface area contributed by atoms with Crippen LogP contribution in [0.4, 0.5) is 5.82 Å². The van der Waals surface area contributed by atoms with Crippen LogP contribution in [0.3, 0.4) is 0 Å². The number of aromatic nitrogens is 1. The maximum absolute atomic E-state index is 10.8. The van der Waals surface area contributed by atoms with Gasteiger partial charge in [0.15, 0.2) is 0 Å². The van der Waals surface area contributed by atoms with Crippen molar-refractivity contribution in [1.82, 2.24) is 4.98 Å². The molecule has 0 aliphatic rings. The van der Waals surface area contributed by atoms with Crippen LogP contribution in [-0.2, 0) is 4.79 Å². The molecule has 1 heterocycles. The largest absolute Gasteiger partial charge is 0.389 e. The molecule has 0 bridgehead atoms. The van der Waals surface area contributed by atoms with Gasteiger partial charge in [0, 0.05) is 18.2 Å². The highest BCUT2D eigenvalue weighted by atomic mass is 32.1. The second-order valence-electron chi connectivity index (χ2n) is 3.93. The first-order chi connectivity index (χ1) is 7.90. The summed E-state index contributed by atoms with van der Waals surface area (Å²) in [4.78, 5) is 15.4. The maximum Gasteiger partial charge on any atom is 0.219 e. The highest BCUT2D eigenvalue weighted by Gasteiger charge is 2.11. The van der Waals surface area contributed by atoms with Gasteiger partial charge in [0.1, 0.15) is 10.8 Å². The molecule has 0 aliphatic carbocycles. The van der Waals surface area contributed by atoms with Crippen molar-refractivity contribution in [2.75, 3.05) is 5.32 Å². The molecule has 0 aromatic carbocycles. The molecule has 17 heavy (non-hydrogen) atoms. The standard InChI is InChI=1S/C11H16N4OS/c1-6-3-4-8(10(13)17)11(14-6)15-7(2)5-9(12)16/h3-4,7H,5H2,1-2H3,(H2,12,16)(H2,13,17)(H,14,15). The van der Waals surface area contributed by atoms with Crippen molar-refractivity contribution in [3.63, 3.8) is 0 Å². The predicted molar refractivity (Wildman–Crippen MR) is 71.8 cm³/mol. The second-order valence-corrected chi connectivity index (χ2v) is 4.37. The molecular weight excluding hydrogens is 236 g/mol. The Hall–Kier alpha value is -1.69. The van der Waals surface area contributed by atoms with E-state index in [0.29, 0.717) is 11.4 Å². The van der Waals surface area contributed by atoms with Crippen LogP contribution in [-0.4, -0.2) is 21.9 Å². The molecular formula is C11H16N4OS. The lowest BCUT2D eigenvalue weighted by Gasteiger charge is -2.16. The van der Waals surface area contributed by atoms with Crippen LogP contribution in [0.2, 0.25) is 0 Å². The summed E-state index contributed by atoms with van der Waals surface area (Å²) in [5, 5.41) is 3.08. The number of thiocarbonyl (C=S) groups is 1. The van der Waals surface area contributed by atoms with Gasteiger partial charge in [0.2, 0.25) is 5.91 Å². The summed E-state index contributed by atoms with van der Waals surface area (Å²) in [6.07, 6.45) is 0.229. The molecule has 6 heteroatoms. The van der Waals surface area contributed by atoms with E-state index < -0.39 is 0 Å². The quantitative estimate of drug-likeness (QED) is 0.671. The number of aryl methyl sites for hydroxylation is 1. The number of hydrogen-bond acceptors (Lipinski definition) is 4. The molecule has 0 fully saturated rings. The minimum absolute atomic E-state index is 0.116. The normalized spacial score (nSPS) is 11.9. The monoisotopic (exact) mass is 252 g/mol. The van der Waals surface area contributed by atoms with Crippen molar-refractivity contribution < 1.29 is 4.79 Å². The molecule has 1 atom stereocenters. The number of anilines is 1. The van der Waals surface area contributed by atoms with E-state index in [1.165, 1.54) is 0 Å². The smallest absolute Gasteiger partial charge is 0.219 e. The van der Waals surface area contributed by atoms with Crippen LogP contribution < -0.4 is 16.8 Å². The van der Waals surface area contributed by atoms with E-state index >= 15 is 0 Å². The predicted octanol–water partition coefficient (Wildman–Crippen LogP) is 0.700. The second kappa shape index (κ2) is 5.58. The van der Waals surface area contributed by atoms with Crippen molar-refractivity contribution in [2.24, 2.45) is 11.5 Å². The molecule has 1 rings (SSSR count). The highest BCUT2D eigenvalue weighted by Crippen LogP contribution is 2.15. The Kier molecular flexibility index (Phi) is 4.39. The summed E-state index contributed by atoms with van der Waals surface area (Å²) in [6, 6.07) is 3.53. The molecule has 0 spiro atoms.